The van der Waals surface area contributed by atoms with Gasteiger partial charge in [-0.25, -0.2) is 19.6 Å². The number of anilines is 3. The van der Waals surface area contributed by atoms with Crippen LogP contribution < -0.4 is 15.1 Å². The molecule has 1 aromatic carbocycles. The van der Waals surface area contributed by atoms with Gasteiger partial charge in [-0.3, -0.25) is 4.79 Å². The predicted molar refractivity (Wildman–Crippen MR) is 127 cm³/mol. The summed E-state index contributed by atoms with van der Waals surface area (Å²) in [6.07, 6.45) is 5.09. The van der Waals surface area contributed by atoms with E-state index in [4.69, 9.17) is 0 Å². The molecule has 32 heavy (non-hydrogen) atoms. The Bertz CT molecular complexity index is 1240. The van der Waals surface area contributed by atoms with Gasteiger partial charge in [-0.15, -0.1) is 0 Å². The number of nitrogens with zero attached hydrogens (tertiary/aromatic N) is 7. The Morgan fingerprint density at radius 2 is 1.84 bits per heavy atom. The Morgan fingerprint density at radius 1 is 1.00 bits per heavy atom. The largest absolute Gasteiger partial charge is 0.353 e. The van der Waals surface area contributed by atoms with Crippen LogP contribution in [-0.2, 0) is 11.3 Å². The van der Waals surface area contributed by atoms with Crippen LogP contribution in [-0.4, -0.2) is 56.8 Å². The summed E-state index contributed by atoms with van der Waals surface area (Å²) in [7, 11) is 0. The van der Waals surface area contributed by atoms with Gasteiger partial charge in [0.15, 0.2) is 5.65 Å². The standard InChI is InChI=1S/C22H21BrN8O/c23-16-4-3-5-17(12-16)28-20(32)14-31-22-18(13-27-31)21(25-15-26-22)30-10-8-29(9-11-30)19-6-1-2-7-24-19/h1-7,12-13,15H,8-11,14H2,(H,28,32). The van der Waals surface area contributed by atoms with Crippen molar-refractivity contribution in [3.8, 4) is 0 Å². The van der Waals surface area contributed by atoms with Crippen LogP contribution in [0.5, 0.6) is 0 Å². The summed E-state index contributed by atoms with van der Waals surface area (Å²) in [5.41, 5.74) is 1.37. The van der Waals surface area contributed by atoms with E-state index in [0.717, 1.165) is 53.4 Å². The maximum Gasteiger partial charge on any atom is 0.246 e. The number of piperazine rings is 1. The highest BCUT2D eigenvalue weighted by atomic mass is 79.9. The maximum absolute atomic E-state index is 12.5. The molecule has 1 saturated heterocycles. The van der Waals surface area contributed by atoms with Gasteiger partial charge < -0.3 is 15.1 Å². The van der Waals surface area contributed by atoms with Crippen LogP contribution in [0.15, 0.2) is 65.7 Å². The molecule has 1 aliphatic heterocycles. The minimum Gasteiger partial charge on any atom is -0.353 e. The van der Waals surface area contributed by atoms with Crippen LogP contribution in [0.1, 0.15) is 0 Å². The number of carbonyl (C=O) groups excluding carboxylic acids is 1. The van der Waals surface area contributed by atoms with Gasteiger partial charge in [0.1, 0.15) is 24.5 Å². The van der Waals surface area contributed by atoms with Crippen molar-refractivity contribution in [2.75, 3.05) is 41.3 Å². The van der Waals surface area contributed by atoms with E-state index in [2.05, 4.69) is 51.1 Å². The highest BCUT2D eigenvalue weighted by Gasteiger charge is 2.22. The third-order valence-corrected chi connectivity index (χ3v) is 5.86. The van der Waals surface area contributed by atoms with Crippen molar-refractivity contribution in [1.82, 2.24) is 24.7 Å². The lowest BCUT2D eigenvalue weighted by atomic mass is 10.2. The van der Waals surface area contributed by atoms with Gasteiger partial charge in [0, 0.05) is 42.5 Å². The van der Waals surface area contributed by atoms with E-state index in [1.165, 1.54) is 6.33 Å². The van der Waals surface area contributed by atoms with Crippen molar-refractivity contribution in [1.29, 1.82) is 0 Å². The number of amides is 1. The number of hydrogen-bond donors (Lipinski definition) is 1. The SMILES string of the molecule is O=C(Cn1ncc2c(N3CCN(c4ccccn4)CC3)ncnc21)Nc1cccc(Br)c1. The molecule has 0 aliphatic carbocycles. The van der Waals surface area contributed by atoms with Gasteiger partial charge >= 0.3 is 0 Å². The number of carbonyl (C=O) groups is 1. The molecule has 1 amide bonds. The normalized spacial score (nSPS) is 14.0. The Labute approximate surface area is 193 Å². The molecule has 0 radical (unpaired) electrons. The summed E-state index contributed by atoms with van der Waals surface area (Å²) in [4.78, 5) is 30.4. The van der Waals surface area contributed by atoms with Crippen molar-refractivity contribution < 1.29 is 4.79 Å². The molecule has 3 aromatic heterocycles. The Morgan fingerprint density at radius 3 is 2.62 bits per heavy atom. The Balaban J connectivity index is 1.30. The monoisotopic (exact) mass is 492 g/mol. The molecule has 4 heterocycles. The van der Waals surface area contributed by atoms with Gasteiger partial charge in [-0.2, -0.15) is 5.10 Å². The fraction of sp³-hybridized carbons (Fsp3) is 0.227. The molecule has 5 rings (SSSR count). The lowest BCUT2D eigenvalue weighted by Gasteiger charge is -2.36. The third kappa shape index (κ3) is 4.26. The van der Waals surface area contributed by atoms with Gasteiger partial charge in [-0.1, -0.05) is 28.1 Å². The lowest BCUT2D eigenvalue weighted by molar-refractivity contribution is -0.116. The number of rotatable bonds is 5. The van der Waals surface area contributed by atoms with E-state index < -0.39 is 0 Å². The minimum absolute atomic E-state index is 0.0694. The third-order valence-electron chi connectivity index (χ3n) is 5.37. The molecule has 4 aromatic rings. The number of nitrogens with one attached hydrogen (secondary N) is 1. The molecule has 9 nitrogen and oxygen atoms in total. The van der Waals surface area contributed by atoms with Crippen LogP contribution in [0.4, 0.5) is 17.3 Å². The van der Waals surface area contributed by atoms with Gasteiger partial charge in [0.2, 0.25) is 5.91 Å². The summed E-state index contributed by atoms with van der Waals surface area (Å²) in [5, 5.41) is 8.14. The van der Waals surface area contributed by atoms with Crippen molar-refractivity contribution >= 4 is 50.2 Å². The number of fused-ring (bicyclic) bond motifs is 1. The van der Waals surface area contributed by atoms with Gasteiger partial charge in [-0.05, 0) is 30.3 Å². The minimum atomic E-state index is -0.169. The fourth-order valence-corrected chi connectivity index (χ4v) is 4.24. The van der Waals surface area contributed by atoms with E-state index in [9.17, 15) is 4.79 Å². The Hall–Kier alpha value is -3.53. The van der Waals surface area contributed by atoms with Crippen LogP contribution in [0.25, 0.3) is 11.0 Å². The van der Waals surface area contributed by atoms with E-state index in [0.29, 0.717) is 5.65 Å². The van der Waals surface area contributed by atoms with E-state index in [-0.39, 0.29) is 12.5 Å². The zero-order valence-electron chi connectivity index (χ0n) is 17.2. The topological polar surface area (TPSA) is 92.1 Å². The van der Waals surface area contributed by atoms with E-state index in [1.54, 1.807) is 10.9 Å². The van der Waals surface area contributed by atoms with Crippen molar-refractivity contribution in [2.24, 2.45) is 0 Å². The predicted octanol–water partition coefficient (Wildman–Crippen LogP) is 2.95. The summed E-state index contributed by atoms with van der Waals surface area (Å²) < 4.78 is 2.51. The summed E-state index contributed by atoms with van der Waals surface area (Å²) >= 11 is 3.41. The number of halogens is 1. The number of aromatic nitrogens is 5. The first-order chi connectivity index (χ1) is 15.7. The summed E-state index contributed by atoms with van der Waals surface area (Å²) in [6, 6.07) is 13.4. The summed E-state index contributed by atoms with van der Waals surface area (Å²) in [5.74, 6) is 1.66. The van der Waals surface area contributed by atoms with Gasteiger partial charge in [0.25, 0.3) is 0 Å². The molecule has 1 aliphatic rings. The highest BCUT2D eigenvalue weighted by molar-refractivity contribution is 9.10. The quantitative estimate of drug-likeness (QED) is 0.457. The molecule has 1 fully saturated rings. The zero-order chi connectivity index (χ0) is 21.9. The Kier molecular flexibility index (Phi) is 5.68. The number of pyridine rings is 1. The van der Waals surface area contributed by atoms with Crippen molar-refractivity contribution in [3.05, 3.63) is 65.7 Å². The lowest BCUT2D eigenvalue weighted by Crippen LogP contribution is -2.47. The van der Waals surface area contributed by atoms with Crippen molar-refractivity contribution in [2.45, 2.75) is 6.54 Å². The number of hydrogen-bond acceptors (Lipinski definition) is 7. The highest BCUT2D eigenvalue weighted by Crippen LogP contribution is 2.25. The van der Waals surface area contributed by atoms with Crippen LogP contribution in [0, 0.1) is 0 Å². The fourth-order valence-electron chi connectivity index (χ4n) is 3.84. The van der Waals surface area contributed by atoms with Gasteiger partial charge in [0.05, 0.1) is 11.6 Å². The number of benzene rings is 1. The second kappa shape index (κ2) is 8.91. The van der Waals surface area contributed by atoms with Crippen molar-refractivity contribution in [3.63, 3.8) is 0 Å². The van der Waals surface area contributed by atoms with Crippen LogP contribution >= 0.6 is 15.9 Å². The molecule has 162 valence electrons. The second-order valence-corrected chi connectivity index (χ2v) is 8.37. The average Bonchev–Trinajstić information content (AvgIpc) is 3.22. The smallest absolute Gasteiger partial charge is 0.246 e. The second-order valence-electron chi connectivity index (χ2n) is 7.46. The van der Waals surface area contributed by atoms with E-state index in [1.807, 2.05) is 48.7 Å². The van der Waals surface area contributed by atoms with E-state index >= 15 is 0 Å². The molecule has 0 bridgehead atoms. The molecule has 0 spiro atoms. The molecule has 0 unspecified atom stereocenters. The first-order valence-corrected chi connectivity index (χ1v) is 11.1. The van der Waals surface area contributed by atoms with Crippen LogP contribution in [0.3, 0.4) is 0 Å². The molecule has 0 atom stereocenters. The zero-order valence-corrected chi connectivity index (χ0v) is 18.8. The first-order valence-electron chi connectivity index (χ1n) is 10.3. The molecule has 10 heteroatoms. The molecular formula is C22H21BrN8O. The van der Waals surface area contributed by atoms with Crippen LogP contribution in [0.2, 0.25) is 0 Å². The summed E-state index contributed by atoms with van der Waals surface area (Å²) in [6.45, 7) is 3.41. The maximum atomic E-state index is 12.5. The molecule has 1 N–H and O–H groups in total. The molecule has 0 saturated carbocycles. The average molecular weight is 493 g/mol. The molecular weight excluding hydrogens is 472 g/mol. The first kappa shape index (κ1) is 20.4.